The van der Waals surface area contributed by atoms with Gasteiger partial charge in [-0.2, -0.15) is 13.2 Å². The second-order valence-corrected chi connectivity index (χ2v) is 7.73. The quantitative estimate of drug-likeness (QED) is 0.501. The lowest BCUT2D eigenvalue weighted by Crippen LogP contribution is -2.48. The maximum atomic E-state index is 12.7. The van der Waals surface area contributed by atoms with Crippen LogP contribution in [0.3, 0.4) is 0 Å². The van der Waals surface area contributed by atoms with Crippen molar-refractivity contribution >= 4 is 17.8 Å². The van der Waals surface area contributed by atoms with Crippen molar-refractivity contribution in [1.82, 2.24) is 14.9 Å². The molecular weight excluding hydrogens is 445 g/mol. The summed E-state index contributed by atoms with van der Waals surface area (Å²) in [6.45, 7) is 2.31. The standard InChI is InChI=1S/C25H23F3N4O2/c26-25(27,28)20-7-10-23(30-17-20)31-13-15-32(16-14-31)24(33)11-6-19-4-8-22(9-5-19)34-18-21-3-1-2-12-29-21/h1-12,17H,13-16,18H2/b11-6+. The lowest BCUT2D eigenvalue weighted by Gasteiger charge is -2.35. The van der Waals surface area contributed by atoms with E-state index in [2.05, 4.69) is 9.97 Å². The molecule has 1 fully saturated rings. The summed E-state index contributed by atoms with van der Waals surface area (Å²) in [4.78, 5) is 24.3. The van der Waals surface area contributed by atoms with E-state index in [-0.39, 0.29) is 5.91 Å². The smallest absolute Gasteiger partial charge is 0.417 e. The minimum Gasteiger partial charge on any atom is -0.487 e. The van der Waals surface area contributed by atoms with Gasteiger partial charge in [-0.1, -0.05) is 18.2 Å². The number of alkyl halides is 3. The van der Waals surface area contributed by atoms with Crippen molar-refractivity contribution in [3.63, 3.8) is 0 Å². The predicted molar refractivity (Wildman–Crippen MR) is 122 cm³/mol. The van der Waals surface area contributed by atoms with Gasteiger partial charge in [-0.3, -0.25) is 9.78 Å². The van der Waals surface area contributed by atoms with Gasteiger partial charge in [-0.25, -0.2) is 4.98 Å². The molecule has 0 spiro atoms. The number of piperazine rings is 1. The van der Waals surface area contributed by atoms with Crippen LogP contribution in [-0.4, -0.2) is 47.0 Å². The minimum atomic E-state index is -4.41. The molecule has 0 bridgehead atoms. The Labute approximate surface area is 195 Å². The van der Waals surface area contributed by atoms with Gasteiger partial charge in [0.25, 0.3) is 0 Å². The molecule has 0 radical (unpaired) electrons. The van der Waals surface area contributed by atoms with Crippen LogP contribution in [-0.2, 0) is 17.6 Å². The summed E-state index contributed by atoms with van der Waals surface area (Å²) in [5.74, 6) is 1.07. The van der Waals surface area contributed by atoms with E-state index < -0.39 is 11.7 Å². The van der Waals surface area contributed by atoms with Gasteiger partial charge in [-0.05, 0) is 48.0 Å². The van der Waals surface area contributed by atoms with Crippen molar-refractivity contribution in [3.8, 4) is 5.75 Å². The highest BCUT2D eigenvalue weighted by Crippen LogP contribution is 2.29. The van der Waals surface area contributed by atoms with Crippen LogP contribution in [0.5, 0.6) is 5.75 Å². The number of carbonyl (C=O) groups excluding carboxylic acids is 1. The molecule has 176 valence electrons. The van der Waals surface area contributed by atoms with E-state index in [4.69, 9.17) is 4.74 Å². The molecule has 1 aliphatic rings. The van der Waals surface area contributed by atoms with Crippen LogP contribution in [0.4, 0.5) is 19.0 Å². The number of pyridine rings is 2. The Morgan fingerprint density at radius 3 is 2.35 bits per heavy atom. The summed E-state index contributed by atoms with van der Waals surface area (Å²) < 4.78 is 43.8. The van der Waals surface area contributed by atoms with E-state index in [1.807, 2.05) is 47.4 Å². The van der Waals surface area contributed by atoms with Crippen LogP contribution in [0.1, 0.15) is 16.8 Å². The third kappa shape index (κ3) is 6.12. The first-order valence-corrected chi connectivity index (χ1v) is 10.8. The third-order valence-corrected chi connectivity index (χ3v) is 5.40. The lowest BCUT2D eigenvalue weighted by molar-refractivity contribution is -0.137. The molecule has 0 unspecified atom stereocenters. The Balaban J connectivity index is 1.25. The molecule has 1 aromatic carbocycles. The number of carbonyl (C=O) groups is 1. The molecule has 6 nitrogen and oxygen atoms in total. The predicted octanol–water partition coefficient (Wildman–Crippen LogP) is 4.44. The minimum absolute atomic E-state index is 0.115. The number of benzene rings is 1. The van der Waals surface area contributed by atoms with Crippen molar-refractivity contribution in [2.75, 3.05) is 31.1 Å². The van der Waals surface area contributed by atoms with E-state index in [1.54, 1.807) is 17.2 Å². The van der Waals surface area contributed by atoms with E-state index in [9.17, 15) is 18.0 Å². The summed E-state index contributed by atoms with van der Waals surface area (Å²) >= 11 is 0. The van der Waals surface area contributed by atoms with Crippen LogP contribution in [0.15, 0.2) is 73.1 Å². The van der Waals surface area contributed by atoms with Gasteiger partial charge in [0.1, 0.15) is 18.2 Å². The normalized spacial score (nSPS) is 14.4. The fourth-order valence-corrected chi connectivity index (χ4v) is 3.49. The van der Waals surface area contributed by atoms with E-state index >= 15 is 0 Å². The van der Waals surface area contributed by atoms with Crippen molar-refractivity contribution < 1.29 is 22.7 Å². The number of anilines is 1. The van der Waals surface area contributed by atoms with Crippen LogP contribution >= 0.6 is 0 Å². The molecule has 0 saturated carbocycles. The molecule has 3 heterocycles. The molecular formula is C25H23F3N4O2. The fourth-order valence-electron chi connectivity index (χ4n) is 3.49. The highest BCUT2D eigenvalue weighted by molar-refractivity contribution is 5.92. The first kappa shape index (κ1) is 23.3. The Hall–Kier alpha value is -3.88. The number of aromatic nitrogens is 2. The van der Waals surface area contributed by atoms with Crippen LogP contribution in [0.2, 0.25) is 0 Å². The Morgan fingerprint density at radius 2 is 1.74 bits per heavy atom. The SMILES string of the molecule is O=C(/C=C/c1ccc(OCc2ccccn2)cc1)N1CCN(c2ccc(C(F)(F)F)cn2)CC1. The van der Waals surface area contributed by atoms with Crippen LogP contribution < -0.4 is 9.64 Å². The van der Waals surface area contributed by atoms with Crippen molar-refractivity contribution in [3.05, 3.63) is 89.9 Å². The van der Waals surface area contributed by atoms with E-state index in [0.717, 1.165) is 23.5 Å². The number of amides is 1. The van der Waals surface area contributed by atoms with Crippen LogP contribution in [0, 0.1) is 0 Å². The van der Waals surface area contributed by atoms with Gasteiger partial charge >= 0.3 is 6.18 Å². The second-order valence-electron chi connectivity index (χ2n) is 7.73. The first-order valence-electron chi connectivity index (χ1n) is 10.8. The molecule has 4 rings (SSSR count). The number of nitrogens with zero attached hydrogens (tertiary/aromatic N) is 4. The maximum Gasteiger partial charge on any atom is 0.417 e. The van der Waals surface area contributed by atoms with Crippen molar-refractivity contribution in [2.45, 2.75) is 12.8 Å². The fraction of sp³-hybridized carbons (Fsp3) is 0.240. The lowest BCUT2D eigenvalue weighted by atomic mass is 10.2. The monoisotopic (exact) mass is 468 g/mol. The number of ether oxygens (including phenoxy) is 1. The maximum absolute atomic E-state index is 12.7. The van der Waals surface area contributed by atoms with Crippen LogP contribution in [0.25, 0.3) is 6.08 Å². The largest absolute Gasteiger partial charge is 0.487 e. The number of hydrogen-bond donors (Lipinski definition) is 0. The molecule has 34 heavy (non-hydrogen) atoms. The summed E-state index contributed by atoms with van der Waals surface area (Å²) in [7, 11) is 0. The number of hydrogen-bond acceptors (Lipinski definition) is 5. The third-order valence-electron chi connectivity index (χ3n) is 5.40. The molecule has 1 aliphatic heterocycles. The Bertz CT molecular complexity index is 1110. The molecule has 0 aliphatic carbocycles. The molecule has 0 atom stereocenters. The number of rotatable bonds is 6. The second kappa shape index (κ2) is 10.4. The average Bonchev–Trinajstić information content (AvgIpc) is 2.87. The molecule has 3 aromatic rings. The average molecular weight is 468 g/mol. The van der Waals surface area contributed by atoms with Gasteiger partial charge in [0.2, 0.25) is 5.91 Å². The zero-order valence-electron chi connectivity index (χ0n) is 18.3. The summed E-state index contributed by atoms with van der Waals surface area (Å²) in [5.41, 5.74) is 0.931. The summed E-state index contributed by atoms with van der Waals surface area (Å²) in [6, 6.07) is 15.4. The van der Waals surface area contributed by atoms with Gasteiger partial charge in [0.15, 0.2) is 0 Å². The van der Waals surface area contributed by atoms with Crippen molar-refractivity contribution in [2.24, 2.45) is 0 Å². The van der Waals surface area contributed by atoms with E-state index in [0.29, 0.717) is 44.4 Å². The highest BCUT2D eigenvalue weighted by Gasteiger charge is 2.31. The van der Waals surface area contributed by atoms with Gasteiger partial charge in [0, 0.05) is 44.6 Å². The summed E-state index contributed by atoms with van der Waals surface area (Å²) in [5, 5.41) is 0. The highest BCUT2D eigenvalue weighted by atomic mass is 19.4. The topological polar surface area (TPSA) is 58.6 Å². The molecule has 1 amide bonds. The molecule has 0 N–H and O–H groups in total. The Kier molecular flexibility index (Phi) is 7.10. The number of halogens is 3. The Morgan fingerprint density at radius 1 is 0.971 bits per heavy atom. The zero-order chi connectivity index (χ0) is 24.0. The molecule has 9 heteroatoms. The van der Waals surface area contributed by atoms with Gasteiger partial charge < -0.3 is 14.5 Å². The first-order chi connectivity index (χ1) is 16.4. The summed E-state index contributed by atoms with van der Waals surface area (Å²) in [6.07, 6.45) is 1.42. The molecule has 2 aromatic heterocycles. The van der Waals surface area contributed by atoms with E-state index in [1.165, 1.54) is 12.1 Å². The van der Waals surface area contributed by atoms with Crippen molar-refractivity contribution in [1.29, 1.82) is 0 Å². The van der Waals surface area contributed by atoms with Gasteiger partial charge in [-0.15, -0.1) is 0 Å². The molecule has 1 saturated heterocycles. The van der Waals surface area contributed by atoms with Gasteiger partial charge in [0.05, 0.1) is 11.3 Å². The zero-order valence-corrected chi connectivity index (χ0v) is 18.3.